The van der Waals surface area contributed by atoms with Crippen LogP contribution in [0.5, 0.6) is 0 Å². The number of rotatable bonds is 7. The first-order chi connectivity index (χ1) is 14.7. The summed E-state index contributed by atoms with van der Waals surface area (Å²) in [5.41, 5.74) is 4.16. The molecule has 0 atom stereocenters. The molecule has 4 rings (SSSR count). The Kier molecular flexibility index (Phi) is 6.40. The van der Waals surface area contributed by atoms with Gasteiger partial charge in [-0.25, -0.2) is 9.55 Å². The first-order valence-corrected chi connectivity index (χ1v) is 11.2. The van der Waals surface area contributed by atoms with Gasteiger partial charge in [0.1, 0.15) is 0 Å². The molecule has 1 fully saturated rings. The Morgan fingerprint density at radius 3 is 2.67 bits per heavy atom. The fourth-order valence-corrected chi connectivity index (χ4v) is 4.66. The van der Waals surface area contributed by atoms with Crippen molar-refractivity contribution in [3.63, 3.8) is 0 Å². The standard InChI is InChI=1S/C23H27N5OS/c1-3-12-27-13-15-28(16-14-27)21-11-7-5-9-19(21)24-22(29)17-30-23-25-18-8-4-6-10-20(18)26(23)2/h3-11H,1,12-17H2,2H3,(H,24,29)/p+1. The number of carbonyl (C=O) groups is 1. The molecular formula is C23H28N5OS+. The van der Waals surface area contributed by atoms with Gasteiger partial charge in [-0.1, -0.05) is 30.3 Å². The molecule has 1 saturated heterocycles. The largest absolute Gasteiger partial charge is 0.367 e. The number of anilines is 2. The minimum absolute atomic E-state index is 0.00333. The second-order valence-electron chi connectivity index (χ2n) is 7.44. The van der Waals surface area contributed by atoms with Gasteiger partial charge in [0.2, 0.25) is 5.91 Å². The van der Waals surface area contributed by atoms with Crippen molar-refractivity contribution < 1.29 is 9.36 Å². The molecule has 7 heteroatoms. The van der Waals surface area contributed by atoms with E-state index in [1.807, 2.05) is 49.5 Å². The Labute approximate surface area is 181 Å². The highest BCUT2D eigenvalue weighted by Gasteiger charge is 2.20. The smallest absolute Gasteiger partial charge is 0.317 e. The summed E-state index contributed by atoms with van der Waals surface area (Å²) in [4.78, 5) is 20.8. The van der Waals surface area contributed by atoms with Crippen LogP contribution in [0.4, 0.5) is 11.4 Å². The van der Waals surface area contributed by atoms with Gasteiger partial charge < -0.3 is 10.2 Å². The average molecular weight is 423 g/mol. The normalized spacial score (nSPS) is 14.8. The van der Waals surface area contributed by atoms with E-state index in [1.165, 1.54) is 11.8 Å². The number of thioether (sulfide) groups is 1. The molecule has 0 saturated carbocycles. The first kappa shape index (κ1) is 20.5. The summed E-state index contributed by atoms with van der Waals surface area (Å²) in [5.74, 6) is 0.346. The quantitative estimate of drug-likeness (QED) is 0.349. The van der Waals surface area contributed by atoms with Crippen LogP contribution in [0.25, 0.3) is 11.0 Å². The predicted molar refractivity (Wildman–Crippen MR) is 124 cm³/mol. The number of hydrogen-bond acceptors (Lipinski definition) is 4. The molecule has 2 aromatic carbocycles. The van der Waals surface area contributed by atoms with Crippen molar-refractivity contribution in [3.05, 3.63) is 61.2 Å². The maximum atomic E-state index is 12.7. The number of hydrogen-bond donors (Lipinski definition) is 2. The van der Waals surface area contributed by atoms with Gasteiger partial charge in [0.15, 0.2) is 11.0 Å². The average Bonchev–Trinajstić information content (AvgIpc) is 3.09. The van der Waals surface area contributed by atoms with E-state index in [0.29, 0.717) is 5.75 Å². The number of nitrogens with zero attached hydrogens (tertiary/aromatic N) is 3. The summed E-state index contributed by atoms with van der Waals surface area (Å²) in [6, 6.07) is 16.2. The minimum atomic E-state index is -0.00333. The van der Waals surface area contributed by atoms with E-state index >= 15 is 0 Å². The topological polar surface area (TPSA) is 55.2 Å². The van der Waals surface area contributed by atoms with Gasteiger partial charge in [-0.3, -0.25) is 9.69 Å². The number of aromatic nitrogens is 2. The van der Waals surface area contributed by atoms with E-state index < -0.39 is 0 Å². The summed E-state index contributed by atoms with van der Waals surface area (Å²) in [5, 5.41) is 4.08. The second-order valence-corrected chi connectivity index (χ2v) is 8.40. The van der Waals surface area contributed by atoms with Crippen LogP contribution < -0.4 is 14.8 Å². The number of para-hydroxylation sites is 4. The molecule has 2 heterocycles. The van der Waals surface area contributed by atoms with E-state index in [-0.39, 0.29) is 5.91 Å². The molecule has 0 unspecified atom stereocenters. The lowest BCUT2D eigenvalue weighted by atomic mass is 10.2. The number of aryl methyl sites for hydroxylation is 1. The predicted octanol–water partition coefficient (Wildman–Crippen LogP) is 3.03. The Morgan fingerprint density at radius 2 is 1.90 bits per heavy atom. The lowest BCUT2D eigenvalue weighted by Crippen LogP contribution is -2.46. The van der Waals surface area contributed by atoms with E-state index in [9.17, 15) is 4.79 Å². The van der Waals surface area contributed by atoms with Crippen molar-refractivity contribution in [3.8, 4) is 0 Å². The van der Waals surface area contributed by atoms with Crippen molar-refractivity contribution >= 4 is 40.1 Å². The van der Waals surface area contributed by atoms with Crippen LogP contribution in [0, 0.1) is 0 Å². The molecule has 30 heavy (non-hydrogen) atoms. The third kappa shape index (κ3) is 4.52. The van der Waals surface area contributed by atoms with Crippen LogP contribution in [0.1, 0.15) is 0 Å². The van der Waals surface area contributed by atoms with Crippen LogP contribution in [0.3, 0.4) is 0 Å². The molecule has 0 radical (unpaired) electrons. The number of carbonyl (C=O) groups excluding carboxylic acids is 1. The van der Waals surface area contributed by atoms with Crippen LogP contribution in [0.2, 0.25) is 0 Å². The lowest BCUT2D eigenvalue weighted by molar-refractivity contribution is -0.683. The molecule has 1 aliphatic rings. The van der Waals surface area contributed by atoms with Crippen LogP contribution in [0.15, 0.2) is 66.3 Å². The van der Waals surface area contributed by atoms with Gasteiger partial charge in [-0.2, -0.15) is 0 Å². The molecule has 156 valence electrons. The zero-order valence-corrected chi connectivity index (χ0v) is 18.1. The van der Waals surface area contributed by atoms with Gasteiger partial charge in [-0.05, 0) is 36.0 Å². The number of piperazine rings is 1. The fraction of sp³-hybridized carbons (Fsp3) is 0.304. The molecule has 0 aliphatic carbocycles. The molecule has 1 aromatic heterocycles. The molecule has 0 bridgehead atoms. The monoisotopic (exact) mass is 422 g/mol. The van der Waals surface area contributed by atoms with Crippen molar-refractivity contribution in [2.45, 2.75) is 5.16 Å². The van der Waals surface area contributed by atoms with Gasteiger partial charge >= 0.3 is 5.16 Å². The molecular weight excluding hydrogens is 394 g/mol. The van der Waals surface area contributed by atoms with Crippen molar-refractivity contribution in [1.29, 1.82) is 0 Å². The molecule has 6 nitrogen and oxygen atoms in total. The summed E-state index contributed by atoms with van der Waals surface area (Å²) < 4.78 is 2.09. The highest BCUT2D eigenvalue weighted by Crippen LogP contribution is 2.27. The third-order valence-electron chi connectivity index (χ3n) is 5.43. The van der Waals surface area contributed by atoms with Crippen LogP contribution in [-0.2, 0) is 11.8 Å². The van der Waals surface area contributed by atoms with E-state index in [0.717, 1.165) is 60.3 Å². The van der Waals surface area contributed by atoms with E-state index in [4.69, 9.17) is 0 Å². The summed E-state index contributed by atoms with van der Waals surface area (Å²) in [6.45, 7) is 8.64. The number of nitrogens with one attached hydrogen (secondary N) is 2. The maximum absolute atomic E-state index is 12.7. The number of amides is 1. The number of aromatic amines is 1. The van der Waals surface area contributed by atoms with Gasteiger partial charge in [-0.15, -0.1) is 6.58 Å². The highest BCUT2D eigenvalue weighted by molar-refractivity contribution is 7.99. The maximum Gasteiger partial charge on any atom is 0.317 e. The minimum Gasteiger partial charge on any atom is -0.367 e. The number of H-pyrrole nitrogens is 1. The van der Waals surface area contributed by atoms with Gasteiger partial charge in [0, 0.05) is 32.7 Å². The van der Waals surface area contributed by atoms with Gasteiger partial charge in [0.05, 0.1) is 24.2 Å². The van der Waals surface area contributed by atoms with Crippen molar-refractivity contribution in [2.24, 2.45) is 7.05 Å². The Bertz CT molecular complexity index is 1040. The zero-order valence-electron chi connectivity index (χ0n) is 17.3. The first-order valence-electron chi connectivity index (χ1n) is 10.2. The SMILES string of the molecule is C=CCN1CCN(c2ccccc2NC(=O)CSc2[nH]c3ccccc3[n+]2C)CC1. The molecule has 2 N–H and O–H groups in total. The Morgan fingerprint density at radius 1 is 1.17 bits per heavy atom. The van der Waals surface area contributed by atoms with Gasteiger partial charge in [0.25, 0.3) is 0 Å². The number of imidazole rings is 1. The number of benzene rings is 2. The Balaban J connectivity index is 1.39. The summed E-state index contributed by atoms with van der Waals surface area (Å²) in [7, 11) is 2.01. The Hall–Kier alpha value is -2.77. The third-order valence-corrected chi connectivity index (χ3v) is 6.49. The second kappa shape index (κ2) is 9.36. The van der Waals surface area contributed by atoms with Crippen molar-refractivity contribution in [2.75, 3.05) is 48.7 Å². The molecule has 1 amide bonds. The highest BCUT2D eigenvalue weighted by atomic mass is 32.2. The molecule has 3 aromatic rings. The van der Waals surface area contributed by atoms with E-state index in [2.05, 4.69) is 43.4 Å². The van der Waals surface area contributed by atoms with E-state index in [1.54, 1.807) is 0 Å². The zero-order chi connectivity index (χ0) is 20.9. The summed E-state index contributed by atoms with van der Waals surface area (Å²) >= 11 is 1.51. The summed E-state index contributed by atoms with van der Waals surface area (Å²) in [6.07, 6.45) is 1.95. The van der Waals surface area contributed by atoms with Crippen molar-refractivity contribution in [1.82, 2.24) is 9.88 Å². The lowest BCUT2D eigenvalue weighted by Gasteiger charge is -2.36. The van der Waals surface area contributed by atoms with Crippen LogP contribution >= 0.6 is 11.8 Å². The van der Waals surface area contributed by atoms with Crippen LogP contribution in [-0.4, -0.2) is 54.3 Å². The molecule has 1 aliphatic heterocycles. The number of fused-ring (bicyclic) bond motifs is 1. The fourth-order valence-electron chi connectivity index (χ4n) is 3.84. The molecule has 0 spiro atoms.